The Kier molecular flexibility index (Phi) is 3.66. The van der Waals surface area contributed by atoms with Gasteiger partial charge < -0.3 is 10.4 Å². The fourth-order valence-corrected chi connectivity index (χ4v) is 1.80. The van der Waals surface area contributed by atoms with Crippen LogP contribution in [0.2, 0.25) is 0 Å². The number of carbonyl (C=O) groups is 1. The van der Waals surface area contributed by atoms with E-state index in [9.17, 15) is 9.90 Å². The minimum absolute atomic E-state index is 0.201. The molecule has 1 atom stereocenters. The SMILES string of the molecule is Cc1c(C(=O)Nc2cccc(C(C)O)c2)cnn1C. The second-order valence-electron chi connectivity index (χ2n) is 4.52. The van der Waals surface area contributed by atoms with Crippen LogP contribution in [0.25, 0.3) is 0 Å². The van der Waals surface area contributed by atoms with Crippen molar-refractivity contribution in [3.63, 3.8) is 0 Å². The maximum atomic E-state index is 12.1. The van der Waals surface area contributed by atoms with E-state index < -0.39 is 6.10 Å². The number of aryl methyl sites for hydroxylation is 1. The molecular formula is C14H17N3O2. The van der Waals surface area contributed by atoms with E-state index in [4.69, 9.17) is 0 Å². The van der Waals surface area contributed by atoms with E-state index in [1.54, 1.807) is 43.0 Å². The van der Waals surface area contributed by atoms with E-state index >= 15 is 0 Å². The van der Waals surface area contributed by atoms with Gasteiger partial charge in [0.1, 0.15) is 0 Å². The van der Waals surface area contributed by atoms with Gasteiger partial charge in [0.15, 0.2) is 0 Å². The van der Waals surface area contributed by atoms with E-state index in [0.29, 0.717) is 11.3 Å². The maximum Gasteiger partial charge on any atom is 0.259 e. The first-order valence-electron chi connectivity index (χ1n) is 6.07. The monoisotopic (exact) mass is 259 g/mol. The Balaban J connectivity index is 2.19. The van der Waals surface area contributed by atoms with Crippen LogP contribution in [0.3, 0.4) is 0 Å². The lowest BCUT2D eigenvalue weighted by Gasteiger charge is -2.09. The number of aliphatic hydroxyl groups excluding tert-OH is 1. The van der Waals surface area contributed by atoms with E-state index in [1.807, 2.05) is 13.0 Å². The molecule has 5 heteroatoms. The first-order valence-corrected chi connectivity index (χ1v) is 6.07. The Morgan fingerprint density at radius 3 is 2.79 bits per heavy atom. The van der Waals surface area contributed by atoms with E-state index in [2.05, 4.69) is 10.4 Å². The van der Waals surface area contributed by atoms with Crippen molar-refractivity contribution in [1.82, 2.24) is 9.78 Å². The van der Waals surface area contributed by atoms with Crippen LogP contribution in [0.5, 0.6) is 0 Å². The van der Waals surface area contributed by atoms with Crippen LogP contribution >= 0.6 is 0 Å². The number of carbonyl (C=O) groups excluding carboxylic acids is 1. The minimum atomic E-state index is -0.558. The van der Waals surface area contributed by atoms with E-state index in [0.717, 1.165) is 11.3 Å². The third-order valence-corrected chi connectivity index (χ3v) is 3.11. The van der Waals surface area contributed by atoms with Gasteiger partial charge >= 0.3 is 0 Å². The number of benzene rings is 1. The molecule has 2 aromatic rings. The minimum Gasteiger partial charge on any atom is -0.389 e. The molecule has 0 fully saturated rings. The largest absolute Gasteiger partial charge is 0.389 e. The Labute approximate surface area is 111 Å². The van der Waals surface area contributed by atoms with Crippen LogP contribution in [0, 0.1) is 6.92 Å². The van der Waals surface area contributed by atoms with Crippen molar-refractivity contribution in [2.45, 2.75) is 20.0 Å². The highest BCUT2D eigenvalue weighted by Crippen LogP contribution is 2.18. The lowest BCUT2D eigenvalue weighted by molar-refractivity contribution is 0.102. The molecular weight excluding hydrogens is 242 g/mol. The quantitative estimate of drug-likeness (QED) is 0.886. The van der Waals surface area contributed by atoms with Gasteiger partial charge in [-0.25, -0.2) is 0 Å². The molecule has 0 saturated carbocycles. The third-order valence-electron chi connectivity index (χ3n) is 3.11. The number of aromatic nitrogens is 2. The summed E-state index contributed by atoms with van der Waals surface area (Å²) in [5, 5.41) is 16.4. The number of hydrogen-bond donors (Lipinski definition) is 2. The van der Waals surface area contributed by atoms with Crippen molar-refractivity contribution >= 4 is 11.6 Å². The molecule has 0 aliphatic rings. The maximum absolute atomic E-state index is 12.1. The lowest BCUT2D eigenvalue weighted by atomic mass is 10.1. The van der Waals surface area contributed by atoms with Crippen LogP contribution in [-0.4, -0.2) is 20.8 Å². The van der Waals surface area contributed by atoms with Gasteiger partial charge in [-0.3, -0.25) is 9.48 Å². The molecule has 0 aliphatic heterocycles. The third kappa shape index (κ3) is 2.82. The molecule has 2 rings (SSSR count). The van der Waals surface area contributed by atoms with Crippen LogP contribution < -0.4 is 5.32 Å². The van der Waals surface area contributed by atoms with Crippen molar-refractivity contribution < 1.29 is 9.90 Å². The molecule has 0 radical (unpaired) electrons. The molecule has 1 amide bonds. The average molecular weight is 259 g/mol. The Morgan fingerprint density at radius 1 is 1.47 bits per heavy atom. The molecule has 100 valence electrons. The molecule has 5 nitrogen and oxygen atoms in total. The summed E-state index contributed by atoms with van der Waals surface area (Å²) in [5.41, 5.74) is 2.78. The van der Waals surface area contributed by atoms with E-state index in [-0.39, 0.29) is 5.91 Å². The molecule has 1 heterocycles. The van der Waals surface area contributed by atoms with E-state index in [1.165, 1.54) is 0 Å². The molecule has 1 unspecified atom stereocenters. The summed E-state index contributed by atoms with van der Waals surface area (Å²) >= 11 is 0. The van der Waals surface area contributed by atoms with Crippen molar-refractivity contribution in [3.8, 4) is 0 Å². The van der Waals surface area contributed by atoms with Gasteiger partial charge in [0.2, 0.25) is 0 Å². The zero-order valence-corrected chi connectivity index (χ0v) is 11.2. The molecule has 0 saturated heterocycles. The van der Waals surface area contributed by atoms with Crippen LogP contribution in [0.1, 0.15) is 34.6 Å². The first kappa shape index (κ1) is 13.3. The normalized spacial score (nSPS) is 12.2. The predicted molar refractivity (Wildman–Crippen MR) is 73.0 cm³/mol. The summed E-state index contributed by atoms with van der Waals surface area (Å²) < 4.78 is 1.65. The fraction of sp³-hybridized carbons (Fsp3) is 0.286. The Hall–Kier alpha value is -2.14. The molecule has 0 spiro atoms. The zero-order valence-electron chi connectivity index (χ0n) is 11.2. The summed E-state index contributed by atoms with van der Waals surface area (Å²) in [6, 6.07) is 7.16. The average Bonchev–Trinajstić information content (AvgIpc) is 2.70. The van der Waals surface area contributed by atoms with Crippen LogP contribution in [0.15, 0.2) is 30.5 Å². The Bertz CT molecular complexity index is 602. The molecule has 19 heavy (non-hydrogen) atoms. The summed E-state index contributed by atoms with van der Waals surface area (Å²) in [7, 11) is 1.79. The van der Waals surface area contributed by atoms with Gasteiger partial charge in [0.25, 0.3) is 5.91 Å². The molecule has 1 aromatic heterocycles. The summed E-state index contributed by atoms with van der Waals surface area (Å²) in [6.45, 7) is 3.53. The standard InChI is InChI=1S/C14H17N3O2/c1-9-13(8-15-17(9)3)14(19)16-12-6-4-5-11(7-12)10(2)18/h4-8,10,18H,1-3H3,(H,16,19). The summed E-state index contributed by atoms with van der Waals surface area (Å²) in [4.78, 5) is 12.1. The van der Waals surface area contributed by atoms with Gasteiger partial charge in [-0.05, 0) is 31.5 Å². The number of aliphatic hydroxyl groups is 1. The number of amides is 1. The van der Waals surface area contributed by atoms with Crippen LogP contribution in [0.4, 0.5) is 5.69 Å². The first-order chi connectivity index (χ1) is 8.99. The fourth-order valence-electron chi connectivity index (χ4n) is 1.80. The number of nitrogens with zero attached hydrogens (tertiary/aromatic N) is 2. The number of rotatable bonds is 3. The highest BCUT2D eigenvalue weighted by Gasteiger charge is 2.13. The predicted octanol–water partition coefficient (Wildman–Crippen LogP) is 2.03. The van der Waals surface area contributed by atoms with Crippen molar-refractivity contribution in [2.24, 2.45) is 7.05 Å². The molecule has 1 aromatic carbocycles. The molecule has 2 N–H and O–H groups in total. The summed E-state index contributed by atoms with van der Waals surface area (Å²) in [5.74, 6) is -0.201. The van der Waals surface area contributed by atoms with Crippen molar-refractivity contribution in [3.05, 3.63) is 47.3 Å². The second kappa shape index (κ2) is 5.24. The summed E-state index contributed by atoms with van der Waals surface area (Å²) in [6.07, 6.45) is 0.986. The molecule has 0 bridgehead atoms. The second-order valence-corrected chi connectivity index (χ2v) is 4.52. The van der Waals surface area contributed by atoms with Crippen molar-refractivity contribution in [2.75, 3.05) is 5.32 Å². The smallest absolute Gasteiger partial charge is 0.259 e. The lowest BCUT2D eigenvalue weighted by Crippen LogP contribution is -2.13. The topological polar surface area (TPSA) is 67.2 Å². The van der Waals surface area contributed by atoms with Crippen molar-refractivity contribution in [1.29, 1.82) is 0 Å². The number of hydrogen-bond acceptors (Lipinski definition) is 3. The molecule has 0 aliphatic carbocycles. The van der Waals surface area contributed by atoms with Gasteiger partial charge in [-0.2, -0.15) is 5.10 Å². The van der Waals surface area contributed by atoms with Gasteiger partial charge in [0.05, 0.1) is 17.9 Å². The highest BCUT2D eigenvalue weighted by atomic mass is 16.3. The van der Waals surface area contributed by atoms with Gasteiger partial charge in [0, 0.05) is 18.4 Å². The number of nitrogens with one attached hydrogen (secondary N) is 1. The van der Waals surface area contributed by atoms with Gasteiger partial charge in [-0.15, -0.1) is 0 Å². The zero-order chi connectivity index (χ0) is 14.0. The number of anilines is 1. The van der Waals surface area contributed by atoms with Gasteiger partial charge in [-0.1, -0.05) is 12.1 Å². The van der Waals surface area contributed by atoms with Crippen LogP contribution in [-0.2, 0) is 7.05 Å². The highest BCUT2D eigenvalue weighted by molar-refractivity contribution is 6.04. The Morgan fingerprint density at radius 2 is 2.21 bits per heavy atom.